The molecule has 3 heteroatoms. The van der Waals surface area contributed by atoms with Gasteiger partial charge in [-0.3, -0.25) is 0 Å². The molecule has 1 heterocycles. The van der Waals surface area contributed by atoms with Crippen LogP contribution in [0.15, 0.2) is 16.7 Å². The van der Waals surface area contributed by atoms with Gasteiger partial charge < -0.3 is 14.6 Å². The van der Waals surface area contributed by atoms with Gasteiger partial charge >= 0.3 is 0 Å². The predicted molar refractivity (Wildman–Crippen MR) is 85.9 cm³/mol. The minimum Gasteiger partial charge on any atom is -0.469 e. The van der Waals surface area contributed by atoms with E-state index in [1.54, 1.807) is 6.26 Å². The molecule has 0 spiro atoms. The zero-order chi connectivity index (χ0) is 15.2. The van der Waals surface area contributed by atoms with Gasteiger partial charge in [0, 0.05) is 31.2 Å². The first kappa shape index (κ1) is 17.3. The standard InChI is InChI=1S/C17H32N2O/c1-7-17(8-2,12-18-14(3)4)13-19(6)11-16-9-10-20-15(16)5/h9-10,14,18H,7-8,11-13H2,1-6H3. The van der Waals surface area contributed by atoms with Crippen LogP contribution in [-0.2, 0) is 6.54 Å². The van der Waals surface area contributed by atoms with E-state index in [2.05, 4.69) is 51.0 Å². The molecule has 0 radical (unpaired) electrons. The minimum atomic E-state index is 0.358. The van der Waals surface area contributed by atoms with Crippen LogP contribution in [-0.4, -0.2) is 31.1 Å². The molecule has 1 aromatic rings. The number of hydrogen-bond donors (Lipinski definition) is 1. The second-order valence-corrected chi connectivity index (χ2v) is 6.42. The number of rotatable bonds is 9. The molecular weight excluding hydrogens is 248 g/mol. The molecule has 0 aliphatic rings. The lowest BCUT2D eigenvalue weighted by atomic mass is 9.81. The Morgan fingerprint density at radius 3 is 2.40 bits per heavy atom. The summed E-state index contributed by atoms with van der Waals surface area (Å²) in [4.78, 5) is 2.42. The van der Waals surface area contributed by atoms with E-state index >= 15 is 0 Å². The zero-order valence-corrected chi connectivity index (χ0v) is 14.1. The summed E-state index contributed by atoms with van der Waals surface area (Å²) in [6, 6.07) is 2.63. The van der Waals surface area contributed by atoms with Crippen LogP contribution in [0.2, 0.25) is 0 Å². The van der Waals surface area contributed by atoms with E-state index in [9.17, 15) is 0 Å². The maximum absolute atomic E-state index is 5.39. The van der Waals surface area contributed by atoms with Crippen molar-refractivity contribution in [2.45, 2.75) is 60.0 Å². The molecular formula is C17H32N2O. The number of aryl methyl sites for hydroxylation is 1. The van der Waals surface area contributed by atoms with Crippen LogP contribution in [0.1, 0.15) is 51.9 Å². The minimum absolute atomic E-state index is 0.358. The van der Waals surface area contributed by atoms with Crippen molar-refractivity contribution in [1.82, 2.24) is 10.2 Å². The summed E-state index contributed by atoms with van der Waals surface area (Å²) in [6.07, 6.45) is 4.20. The largest absolute Gasteiger partial charge is 0.469 e. The first-order valence-corrected chi connectivity index (χ1v) is 7.87. The maximum Gasteiger partial charge on any atom is 0.105 e. The van der Waals surface area contributed by atoms with Crippen molar-refractivity contribution >= 4 is 0 Å². The summed E-state index contributed by atoms with van der Waals surface area (Å²) in [5, 5.41) is 3.62. The average molecular weight is 280 g/mol. The highest BCUT2D eigenvalue weighted by Crippen LogP contribution is 2.27. The summed E-state index contributed by atoms with van der Waals surface area (Å²) < 4.78 is 5.39. The first-order chi connectivity index (χ1) is 9.42. The van der Waals surface area contributed by atoms with Crippen LogP contribution in [0.5, 0.6) is 0 Å². The second kappa shape index (κ2) is 7.84. The fraction of sp³-hybridized carbons (Fsp3) is 0.765. The van der Waals surface area contributed by atoms with Crippen LogP contribution >= 0.6 is 0 Å². The quantitative estimate of drug-likeness (QED) is 0.745. The average Bonchev–Trinajstić information content (AvgIpc) is 2.80. The molecule has 20 heavy (non-hydrogen) atoms. The molecule has 0 atom stereocenters. The predicted octanol–water partition coefficient (Wildman–Crippen LogP) is 3.82. The van der Waals surface area contributed by atoms with Gasteiger partial charge in [0.2, 0.25) is 0 Å². The second-order valence-electron chi connectivity index (χ2n) is 6.42. The van der Waals surface area contributed by atoms with Gasteiger partial charge in [0.1, 0.15) is 5.76 Å². The van der Waals surface area contributed by atoms with Crippen molar-refractivity contribution in [3.05, 3.63) is 23.7 Å². The number of nitrogens with one attached hydrogen (secondary N) is 1. The maximum atomic E-state index is 5.39. The highest BCUT2D eigenvalue weighted by atomic mass is 16.3. The fourth-order valence-electron chi connectivity index (χ4n) is 2.69. The van der Waals surface area contributed by atoms with Gasteiger partial charge in [-0.05, 0) is 38.3 Å². The van der Waals surface area contributed by atoms with Gasteiger partial charge in [-0.2, -0.15) is 0 Å². The molecule has 0 unspecified atom stereocenters. The molecule has 0 amide bonds. The molecule has 0 aromatic carbocycles. The van der Waals surface area contributed by atoms with Gasteiger partial charge in [0.15, 0.2) is 0 Å². The van der Waals surface area contributed by atoms with E-state index in [1.165, 1.54) is 18.4 Å². The number of furan rings is 1. The van der Waals surface area contributed by atoms with Crippen LogP contribution in [0.4, 0.5) is 0 Å². The molecule has 3 nitrogen and oxygen atoms in total. The van der Waals surface area contributed by atoms with E-state index in [-0.39, 0.29) is 0 Å². The van der Waals surface area contributed by atoms with Crippen molar-refractivity contribution in [2.24, 2.45) is 5.41 Å². The van der Waals surface area contributed by atoms with Crippen molar-refractivity contribution in [2.75, 3.05) is 20.1 Å². The SMILES string of the molecule is CCC(CC)(CNC(C)C)CN(C)Cc1ccoc1C. The third-order valence-electron chi connectivity index (χ3n) is 4.40. The molecule has 116 valence electrons. The number of hydrogen-bond acceptors (Lipinski definition) is 3. The molecule has 0 bridgehead atoms. The fourth-order valence-corrected chi connectivity index (χ4v) is 2.69. The Balaban J connectivity index is 2.62. The molecule has 0 saturated heterocycles. The Morgan fingerprint density at radius 2 is 1.95 bits per heavy atom. The molecule has 1 aromatic heterocycles. The monoisotopic (exact) mass is 280 g/mol. The summed E-state index contributed by atoms with van der Waals surface area (Å²) in [5.74, 6) is 1.04. The summed E-state index contributed by atoms with van der Waals surface area (Å²) in [7, 11) is 2.21. The van der Waals surface area contributed by atoms with Gasteiger partial charge in [0.25, 0.3) is 0 Å². The topological polar surface area (TPSA) is 28.4 Å². The first-order valence-electron chi connectivity index (χ1n) is 7.87. The lowest BCUT2D eigenvalue weighted by molar-refractivity contribution is 0.147. The smallest absolute Gasteiger partial charge is 0.105 e. The van der Waals surface area contributed by atoms with Gasteiger partial charge in [-0.25, -0.2) is 0 Å². The summed E-state index contributed by atoms with van der Waals surface area (Å²) in [6.45, 7) is 14.3. The van der Waals surface area contributed by atoms with E-state index in [0.29, 0.717) is 11.5 Å². The van der Waals surface area contributed by atoms with E-state index < -0.39 is 0 Å². The third-order valence-corrected chi connectivity index (χ3v) is 4.40. The highest BCUT2D eigenvalue weighted by molar-refractivity contribution is 5.15. The summed E-state index contributed by atoms with van der Waals surface area (Å²) >= 11 is 0. The summed E-state index contributed by atoms with van der Waals surface area (Å²) in [5.41, 5.74) is 1.65. The van der Waals surface area contributed by atoms with Crippen LogP contribution in [0.3, 0.4) is 0 Å². The van der Waals surface area contributed by atoms with Crippen LogP contribution in [0, 0.1) is 12.3 Å². The molecule has 1 rings (SSSR count). The zero-order valence-electron chi connectivity index (χ0n) is 14.1. The molecule has 0 fully saturated rings. The number of nitrogens with zero attached hydrogens (tertiary/aromatic N) is 1. The Labute approximate surface area is 124 Å². The Morgan fingerprint density at radius 1 is 1.30 bits per heavy atom. The third kappa shape index (κ3) is 4.95. The Hall–Kier alpha value is -0.800. The molecule has 0 saturated carbocycles. The normalized spacial score (nSPS) is 12.6. The molecule has 0 aliphatic carbocycles. The highest BCUT2D eigenvalue weighted by Gasteiger charge is 2.28. The van der Waals surface area contributed by atoms with Crippen LogP contribution < -0.4 is 5.32 Å². The van der Waals surface area contributed by atoms with Crippen LogP contribution in [0.25, 0.3) is 0 Å². The van der Waals surface area contributed by atoms with E-state index in [1.807, 2.05) is 6.92 Å². The molecule has 1 N–H and O–H groups in total. The lowest BCUT2D eigenvalue weighted by Gasteiger charge is -2.36. The lowest BCUT2D eigenvalue weighted by Crippen LogP contribution is -2.44. The van der Waals surface area contributed by atoms with Gasteiger partial charge in [0.05, 0.1) is 6.26 Å². The Kier molecular flexibility index (Phi) is 6.77. The van der Waals surface area contributed by atoms with Crippen molar-refractivity contribution < 1.29 is 4.42 Å². The Bertz CT molecular complexity index is 380. The van der Waals surface area contributed by atoms with Crippen molar-refractivity contribution in [3.63, 3.8) is 0 Å². The van der Waals surface area contributed by atoms with E-state index in [4.69, 9.17) is 4.42 Å². The van der Waals surface area contributed by atoms with Gasteiger partial charge in [-0.1, -0.05) is 27.7 Å². The van der Waals surface area contributed by atoms with Crippen molar-refractivity contribution in [3.8, 4) is 0 Å². The molecule has 0 aliphatic heterocycles. The van der Waals surface area contributed by atoms with Gasteiger partial charge in [-0.15, -0.1) is 0 Å². The van der Waals surface area contributed by atoms with E-state index in [0.717, 1.165) is 25.4 Å². The van der Waals surface area contributed by atoms with Crippen molar-refractivity contribution in [1.29, 1.82) is 0 Å².